The summed E-state index contributed by atoms with van der Waals surface area (Å²) in [5, 5.41) is 9.65. The third-order valence-electron chi connectivity index (χ3n) is 12.9. The van der Waals surface area contributed by atoms with Crippen molar-refractivity contribution in [2.75, 3.05) is 13.2 Å². The molecule has 0 heterocycles. The van der Waals surface area contributed by atoms with Crippen LogP contribution in [0.25, 0.3) is 0 Å². The number of carbonyl (C=O) groups is 2. The first-order valence-corrected chi connectivity index (χ1v) is 29.8. The molecule has 1 atom stereocenters. The maximum Gasteiger partial charge on any atom is 0.306 e. The van der Waals surface area contributed by atoms with Crippen LogP contribution in [0.15, 0.2) is 97.2 Å². The average Bonchev–Trinajstić information content (AvgIpc) is 3.36. The normalized spacial score (nSPS) is 12.9. The number of rotatable bonds is 54. The van der Waals surface area contributed by atoms with Crippen molar-refractivity contribution >= 4 is 11.9 Å². The molecule has 0 rings (SSSR count). The van der Waals surface area contributed by atoms with Crippen molar-refractivity contribution in [1.82, 2.24) is 0 Å². The molecule has 0 saturated heterocycles. The summed E-state index contributed by atoms with van der Waals surface area (Å²) < 4.78 is 10.7. The molecular weight excluding hydrogens is 861 g/mol. The van der Waals surface area contributed by atoms with E-state index in [1.165, 1.54) is 173 Å². The minimum absolute atomic E-state index is 0.0682. The number of esters is 2. The smallest absolute Gasteiger partial charge is 0.306 e. The van der Waals surface area contributed by atoms with Crippen molar-refractivity contribution in [3.63, 3.8) is 0 Å². The van der Waals surface area contributed by atoms with Gasteiger partial charge in [0.05, 0.1) is 6.61 Å². The Morgan fingerprint density at radius 3 is 0.943 bits per heavy atom. The molecule has 0 aliphatic rings. The Hall–Kier alpha value is -3.18. The number of hydrogen-bond acceptors (Lipinski definition) is 5. The lowest BCUT2D eigenvalue weighted by Gasteiger charge is -2.15. The number of aliphatic hydroxyl groups excluding tert-OH is 1. The Morgan fingerprint density at radius 1 is 0.343 bits per heavy atom. The molecule has 0 bridgehead atoms. The number of ether oxygens (including phenoxy) is 2. The van der Waals surface area contributed by atoms with E-state index in [2.05, 4.69) is 111 Å². The molecule has 0 saturated carbocycles. The van der Waals surface area contributed by atoms with Crippen molar-refractivity contribution in [3.05, 3.63) is 97.2 Å². The van der Waals surface area contributed by atoms with Crippen LogP contribution in [0.5, 0.6) is 0 Å². The predicted molar refractivity (Wildman–Crippen MR) is 306 cm³/mol. The number of hydrogen-bond donors (Lipinski definition) is 1. The van der Waals surface area contributed by atoms with Crippen molar-refractivity contribution in [2.45, 2.75) is 290 Å². The van der Waals surface area contributed by atoms with Gasteiger partial charge in [-0.1, -0.05) is 272 Å². The van der Waals surface area contributed by atoms with E-state index in [0.717, 1.165) is 83.5 Å². The van der Waals surface area contributed by atoms with Crippen LogP contribution in [0.1, 0.15) is 284 Å². The molecule has 402 valence electrons. The summed E-state index contributed by atoms with van der Waals surface area (Å²) in [7, 11) is 0. The first kappa shape index (κ1) is 66.8. The van der Waals surface area contributed by atoms with Gasteiger partial charge in [-0.3, -0.25) is 9.59 Å². The molecule has 5 heteroatoms. The Balaban J connectivity index is 3.48. The molecule has 0 spiro atoms. The highest BCUT2D eigenvalue weighted by atomic mass is 16.6. The summed E-state index contributed by atoms with van der Waals surface area (Å²) in [4.78, 5) is 24.5. The summed E-state index contributed by atoms with van der Waals surface area (Å²) in [6.07, 6.45) is 85.4. The summed E-state index contributed by atoms with van der Waals surface area (Å²) in [5.41, 5.74) is 0. The summed E-state index contributed by atoms with van der Waals surface area (Å²) in [6.45, 7) is 4.04. The molecule has 0 aromatic rings. The maximum absolute atomic E-state index is 12.3. The number of carbonyl (C=O) groups excluding carboxylic acids is 2. The van der Waals surface area contributed by atoms with Gasteiger partial charge in [0.15, 0.2) is 6.10 Å². The first-order chi connectivity index (χ1) is 34.6. The van der Waals surface area contributed by atoms with Gasteiger partial charge in [0.2, 0.25) is 0 Å². The highest BCUT2D eigenvalue weighted by Gasteiger charge is 2.16. The second-order valence-corrected chi connectivity index (χ2v) is 19.7. The van der Waals surface area contributed by atoms with Gasteiger partial charge < -0.3 is 14.6 Å². The lowest BCUT2D eigenvalue weighted by Crippen LogP contribution is -2.28. The number of allylic oxidation sites excluding steroid dienone is 16. The van der Waals surface area contributed by atoms with E-state index in [9.17, 15) is 14.7 Å². The van der Waals surface area contributed by atoms with Gasteiger partial charge in [-0.2, -0.15) is 0 Å². The monoisotopic (exact) mass is 973 g/mol. The third kappa shape index (κ3) is 57.4. The Bertz CT molecular complexity index is 1330. The quantitative estimate of drug-likeness (QED) is 0.0373. The van der Waals surface area contributed by atoms with E-state index < -0.39 is 6.10 Å². The highest BCUT2D eigenvalue weighted by Crippen LogP contribution is 2.16. The average molecular weight is 974 g/mol. The molecule has 1 unspecified atom stereocenters. The Kier molecular flexibility index (Phi) is 57.4. The molecule has 0 radical (unpaired) electrons. The highest BCUT2D eigenvalue weighted by molar-refractivity contribution is 5.70. The molecule has 0 aromatic carbocycles. The van der Waals surface area contributed by atoms with E-state index in [-0.39, 0.29) is 25.2 Å². The van der Waals surface area contributed by atoms with Crippen molar-refractivity contribution < 1.29 is 24.2 Å². The zero-order chi connectivity index (χ0) is 50.6. The van der Waals surface area contributed by atoms with Crippen LogP contribution in [-0.4, -0.2) is 36.4 Å². The van der Waals surface area contributed by atoms with Gasteiger partial charge in [-0.15, -0.1) is 0 Å². The Morgan fingerprint density at radius 2 is 0.614 bits per heavy atom. The lowest BCUT2D eigenvalue weighted by molar-refractivity contribution is -0.161. The Labute approximate surface area is 434 Å². The van der Waals surface area contributed by atoms with Gasteiger partial charge in [0.25, 0.3) is 0 Å². The van der Waals surface area contributed by atoms with Crippen molar-refractivity contribution in [2.24, 2.45) is 0 Å². The van der Waals surface area contributed by atoms with E-state index >= 15 is 0 Å². The molecule has 5 nitrogen and oxygen atoms in total. The summed E-state index contributed by atoms with van der Waals surface area (Å²) >= 11 is 0. The fourth-order valence-electron chi connectivity index (χ4n) is 8.41. The predicted octanol–water partition coefficient (Wildman–Crippen LogP) is 20.3. The molecular formula is C65H112O5. The molecule has 0 fully saturated rings. The molecule has 0 aliphatic heterocycles. The van der Waals surface area contributed by atoms with E-state index in [0.29, 0.717) is 12.8 Å². The summed E-state index contributed by atoms with van der Waals surface area (Å²) in [5.74, 6) is -0.589. The van der Waals surface area contributed by atoms with E-state index in [1.807, 2.05) is 0 Å². The SMILES string of the molecule is CC/C=C\C/C=C\C/C=C\C/C=C\C/C=C\C/C=C\C/C=C\CCCCCCCCCCCCCCCCCCCC(=O)OC(CO)COC(=O)CCCCCCCCC/C=C\CCCCCCCC. The van der Waals surface area contributed by atoms with Gasteiger partial charge in [-0.05, 0) is 96.3 Å². The van der Waals surface area contributed by atoms with Gasteiger partial charge in [0.1, 0.15) is 6.61 Å². The second-order valence-electron chi connectivity index (χ2n) is 19.7. The van der Waals surface area contributed by atoms with Crippen LogP contribution < -0.4 is 0 Å². The molecule has 0 aromatic heterocycles. The first-order valence-electron chi connectivity index (χ1n) is 29.8. The fraction of sp³-hybridized carbons (Fsp3) is 0.723. The fourth-order valence-corrected chi connectivity index (χ4v) is 8.41. The van der Waals surface area contributed by atoms with Crippen LogP contribution in [-0.2, 0) is 19.1 Å². The van der Waals surface area contributed by atoms with Gasteiger partial charge in [-0.25, -0.2) is 0 Å². The van der Waals surface area contributed by atoms with E-state index in [1.54, 1.807) is 0 Å². The third-order valence-corrected chi connectivity index (χ3v) is 12.9. The molecule has 0 aliphatic carbocycles. The minimum Gasteiger partial charge on any atom is -0.462 e. The van der Waals surface area contributed by atoms with Crippen molar-refractivity contribution in [3.8, 4) is 0 Å². The van der Waals surface area contributed by atoms with Gasteiger partial charge >= 0.3 is 11.9 Å². The second kappa shape index (κ2) is 60.1. The zero-order valence-corrected chi connectivity index (χ0v) is 46.0. The topological polar surface area (TPSA) is 72.8 Å². The number of unbranched alkanes of at least 4 members (excludes halogenated alkanes) is 30. The summed E-state index contributed by atoms with van der Waals surface area (Å²) in [6, 6.07) is 0. The molecule has 1 N–H and O–H groups in total. The molecule has 0 amide bonds. The van der Waals surface area contributed by atoms with Crippen LogP contribution in [0, 0.1) is 0 Å². The van der Waals surface area contributed by atoms with Crippen LogP contribution in [0.3, 0.4) is 0 Å². The largest absolute Gasteiger partial charge is 0.462 e. The number of aliphatic hydroxyl groups is 1. The van der Waals surface area contributed by atoms with Crippen LogP contribution in [0.2, 0.25) is 0 Å². The standard InChI is InChI=1S/C65H112O5/c1-3-5-7-9-11-13-15-17-19-21-22-23-24-25-26-27-28-29-30-31-32-33-34-35-36-37-38-39-40-41-42-44-46-48-50-52-54-56-58-60-65(68)70-63(61-66)62-69-64(67)59-57-55-53-51-49-47-45-43-20-18-16-14-12-10-8-6-4-2/h5,7,11,13,17-20,22-23,25-26,28-29,31-32,63,66H,3-4,6,8-10,12,14-16,21,24,27,30,33-62H2,1-2H3/b7-5-,13-11-,19-17-,20-18-,23-22-,26-25-,29-28-,32-31-. The lowest BCUT2D eigenvalue weighted by atomic mass is 10.0. The zero-order valence-electron chi connectivity index (χ0n) is 46.0. The van der Waals surface area contributed by atoms with Crippen molar-refractivity contribution in [1.29, 1.82) is 0 Å². The van der Waals surface area contributed by atoms with Gasteiger partial charge in [0, 0.05) is 12.8 Å². The van der Waals surface area contributed by atoms with Crippen LogP contribution in [0.4, 0.5) is 0 Å². The maximum atomic E-state index is 12.3. The van der Waals surface area contributed by atoms with Crippen LogP contribution >= 0.6 is 0 Å². The molecule has 70 heavy (non-hydrogen) atoms. The van der Waals surface area contributed by atoms with E-state index in [4.69, 9.17) is 9.47 Å². The minimum atomic E-state index is -0.776.